The predicted molar refractivity (Wildman–Crippen MR) is 91.0 cm³/mol. The first-order chi connectivity index (χ1) is 12.2. The Kier molecular flexibility index (Phi) is 3.62. The Morgan fingerprint density at radius 3 is 2.48 bits per heavy atom. The number of pyridine rings is 1. The molecule has 3 heterocycles. The van der Waals surface area contributed by atoms with Gasteiger partial charge < -0.3 is 0 Å². The zero-order valence-corrected chi connectivity index (χ0v) is 13.0. The summed E-state index contributed by atoms with van der Waals surface area (Å²) in [5, 5.41) is 7.89. The smallest absolute Gasteiger partial charge is 0.288 e. The number of aromatic nitrogens is 6. The van der Waals surface area contributed by atoms with E-state index in [1.165, 1.54) is 0 Å². The molecule has 0 aliphatic heterocycles. The Morgan fingerprint density at radius 2 is 1.72 bits per heavy atom. The number of hydrogen-bond donors (Lipinski definition) is 1. The minimum absolute atomic E-state index is 0.0668. The average molecular weight is 332 g/mol. The van der Waals surface area contributed by atoms with Gasteiger partial charge in [-0.25, -0.2) is 9.78 Å². The first-order valence-electron chi connectivity index (χ1n) is 7.54. The fourth-order valence-electron chi connectivity index (χ4n) is 2.48. The number of fused-ring (bicyclic) bond motifs is 1. The second-order valence-electron chi connectivity index (χ2n) is 5.38. The van der Waals surface area contributed by atoms with Crippen molar-refractivity contribution in [3.05, 3.63) is 81.3 Å². The molecule has 8 heteroatoms. The molecule has 25 heavy (non-hydrogen) atoms. The lowest BCUT2D eigenvalue weighted by molar-refractivity contribution is 0.705. The van der Waals surface area contributed by atoms with Gasteiger partial charge in [-0.3, -0.25) is 19.3 Å². The SMILES string of the molecule is O=c1[nH]c2nnc(-c3ccncc3)nc2c(=O)n1Cc1ccccc1. The Bertz CT molecular complexity index is 1150. The number of H-pyrrole nitrogens is 1. The van der Waals surface area contributed by atoms with Gasteiger partial charge in [0.1, 0.15) is 0 Å². The largest absolute Gasteiger partial charge is 0.330 e. The highest BCUT2D eigenvalue weighted by atomic mass is 16.2. The number of hydrogen-bond acceptors (Lipinski definition) is 6. The molecule has 0 unspecified atom stereocenters. The van der Waals surface area contributed by atoms with Gasteiger partial charge in [0.25, 0.3) is 5.56 Å². The van der Waals surface area contributed by atoms with E-state index in [4.69, 9.17) is 0 Å². The van der Waals surface area contributed by atoms with Gasteiger partial charge in [0, 0.05) is 18.0 Å². The number of aromatic amines is 1. The van der Waals surface area contributed by atoms with Crippen LogP contribution in [0.2, 0.25) is 0 Å². The first kappa shape index (κ1) is 14.9. The standard InChI is InChI=1S/C17H12N6O2/c24-16-13-15(22-21-14(19-13)12-6-8-18-9-7-12)20-17(25)23(16)10-11-4-2-1-3-5-11/h1-9H,10H2,(H,20,22,25). The van der Waals surface area contributed by atoms with Crippen LogP contribution in [0.4, 0.5) is 0 Å². The molecule has 0 fully saturated rings. The number of nitrogens with zero attached hydrogens (tertiary/aromatic N) is 5. The van der Waals surface area contributed by atoms with Gasteiger partial charge in [-0.1, -0.05) is 30.3 Å². The van der Waals surface area contributed by atoms with E-state index in [1.807, 2.05) is 30.3 Å². The van der Waals surface area contributed by atoms with E-state index in [-0.39, 0.29) is 17.7 Å². The maximum Gasteiger partial charge on any atom is 0.330 e. The lowest BCUT2D eigenvalue weighted by atomic mass is 10.2. The van der Waals surface area contributed by atoms with Crippen molar-refractivity contribution < 1.29 is 0 Å². The molecule has 0 amide bonds. The summed E-state index contributed by atoms with van der Waals surface area (Å²) in [5.74, 6) is 0.297. The molecule has 8 nitrogen and oxygen atoms in total. The zero-order valence-electron chi connectivity index (χ0n) is 13.0. The molecule has 3 aromatic heterocycles. The molecule has 4 aromatic rings. The van der Waals surface area contributed by atoms with Crippen molar-refractivity contribution in [2.45, 2.75) is 6.54 Å². The molecule has 0 bridgehead atoms. The Morgan fingerprint density at radius 1 is 0.960 bits per heavy atom. The quantitative estimate of drug-likeness (QED) is 0.599. The maximum atomic E-state index is 12.7. The van der Waals surface area contributed by atoms with Crippen LogP contribution in [-0.2, 0) is 6.54 Å². The van der Waals surface area contributed by atoms with Crippen LogP contribution in [0.25, 0.3) is 22.6 Å². The highest BCUT2D eigenvalue weighted by Crippen LogP contribution is 2.12. The minimum atomic E-state index is -0.547. The lowest BCUT2D eigenvalue weighted by Crippen LogP contribution is -2.36. The van der Waals surface area contributed by atoms with Gasteiger partial charge >= 0.3 is 5.69 Å². The fourth-order valence-corrected chi connectivity index (χ4v) is 2.48. The van der Waals surface area contributed by atoms with Crippen LogP contribution in [0.3, 0.4) is 0 Å². The second kappa shape index (κ2) is 6.08. The summed E-state index contributed by atoms with van der Waals surface area (Å²) in [5.41, 5.74) is 0.604. The highest BCUT2D eigenvalue weighted by Gasteiger charge is 2.13. The van der Waals surface area contributed by atoms with Gasteiger partial charge in [-0.05, 0) is 17.7 Å². The molecule has 4 rings (SSSR count). The van der Waals surface area contributed by atoms with E-state index < -0.39 is 11.2 Å². The van der Waals surface area contributed by atoms with Crippen molar-refractivity contribution in [2.24, 2.45) is 0 Å². The minimum Gasteiger partial charge on any atom is -0.288 e. The Hall–Kier alpha value is -3.68. The lowest BCUT2D eigenvalue weighted by Gasteiger charge is -2.06. The van der Waals surface area contributed by atoms with Crippen LogP contribution in [0, 0.1) is 0 Å². The number of rotatable bonds is 3. The van der Waals surface area contributed by atoms with E-state index in [9.17, 15) is 9.59 Å². The van der Waals surface area contributed by atoms with Crippen LogP contribution in [0.1, 0.15) is 5.56 Å². The normalized spacial score (nSPS) is 10.9. The molecule has 0 atom stereocenters. The van der Waals surface area contributed by atoms with E-state index >= 15 is 0 Å². The molecule has 0 spiro atoms. The van der Waals surface area contributed by atoms with Gasteiger partial charge in [0.2, 0.25) is 0 Å². The molecular weight excluding hydrogens is 320 g/mol. The molecule has 0 saturated heterocycles. The Labute approximate surface area is 140 Å². The van der Waals surface area contributed by atoms with Crippen molar-refractivity contribution in [1.82, 2.24) is 29.7 Å². The summed E-state index contributed by atoms with van der Waals surface area (Å²) in [4.78, 5) is 35.7. The Balaban J connectivity index is 1.88. The van der Waals surface area contributed by atoms with Crippen molar-refractivity contribution in [2.75, 3.05) is 0 Å². The van der Waals surface area contributed by atoms with E-state index in [0.29, 0.717) is 11.4 Å². The third-order valence-corrected chi connectivity index (χ3v) is 3.73. The molecule has 0 aliphatic rings. The average Bonchev–Trinajstić information content (AvgIpc) is 2.66. The van der Waals surface area contributed by atoms with Crippen molar-refractivity contribution in [1.29, 1.82) is 0 Å². The topological polar surface area (TPSA) is 106 Å². The third-order valence-electron chi connectivity index (χ3n) is 3.73. The molecule has 0 radical (unpaired) electrons. The van der Waals surface area contributed by atoms with Crippen molar-refractivity contribution >= 4 is 11.2 Å². The third kappa shape index (κ3) is 2.80. The summed E-state index contributed by atoms with van der Waals surface area (Å²) in [6, 6.07) is 12.7. The monoisotopic (exact) mass is 332 g/mol. The molecular formula is C17H12N6O2. The van der Waals surface area contributed by atoms with Crippen LogP contribution in [0.5, 0.6) is 0 Å². The molecule has 122 valence electrons. The fraction of sp³-hybridized carbons (Fsp3) is 0.0588. The van der Waals surface area contributed by atoms with Crippen LogP contribution >= 0.6 is 0 Å². The van der Waals surface area contributed by atoms with Gasteiger partial charge in [0.05, 0.1) is 6.54 Å². The van der Waals surface area contributed by atoms with Crippen LogP contribution in [0.15, 0.2) is 64.4 Å². The van der Waals surface area contributed by atoms with Crippen molar-refractivity contribution in [3.63, 3.8) is 0 Å². The second-order valence-corrected chi connectivity index (χ2v) is 5.38. The van der Waals surface area contributed by atoms with Crippen molar-refractivity contribution in [3.8, 4) is 11.4 Å². The van der Waals surface area contributed by atoms with Gasteiger partial charge in [-0.15, -0.1) is 10.2 Å². The van der Waals surface area contributed by atoms with E-state index in [0.717, 1.165) is 10.1 Å². The summed E-state index contributed by atoms with van der Waals surface area (Å²) in [6.07, 6.45) is 3.20. The molecule has 0 saturated carbocycles. The van der Waals surface area contributed by atoms with Gasteiger partial charge in [0.15, 0.2) is 17.0 Å². The summed E-state index contributed by atoms with van der Waals surface area (Å²) in [6.45, 7) is 0.152. The molecule has 1 N–H and O–H groups in total. The number of nitrogens with one attached hydrogen (secondary N) is 1. The number of benzene rings is 1. The highest BCUT2D eigenvalue weighted by molar-refractivity contribution is 5.70. The zero-order chi connectivity index (χ0) is 17.2. The van der Waals surface area contributed by atoms with Gasteiger partial charge in [-0.2, -0.15) is 0 Å². The first-order valence-corrected chi connectivity index (χ1v) is 7.54. The van der Waals surface area contributed by atoms with Crippen LogP contribution < -0.4 is 11.2 Å². The maximum absolute atomic E-state index is 12.7. The van der Waals surface area contributed by atoms with E-state index in [2.05, 4.69) is 25.1 Å². The summed E-state index contributed by atoms with van der Waals surface area (Å²) >= 11 is 0. The van der Waals surface area contributed by atoms with E-state index in [1.54, 1.807) is 24.5 Å². The van der Waals surface area contributed by atoms with Crippen LogP contribution in [-0.4, -0.2) is 29.7 Å². The summed E-state index contributed by atoms with van der Waals surface area (Å²) < 4.78 is 1.10. The molecule has 0 aliphatic carbocycles. The summed E-state index contributed by atoms with van der Waals surface area (Å²) in [7, 11) is 0. The molecule has 1 aromatic carbocycles. The predicted octanol–water partition coefficient (Wildman–Crippen LogP) is 0.985.